The van der Waals surface area contributed by atoms with Gasteiger partial charge in [-0.15, -0.1) is 11.3 Å². The van der Waals surface area contributed by atoms with Crippen LogP contribution in [0.15, 0.2) is 39.7 Å². The SMILES string of the molecule is O=S(=O)(NCc1ccc(Cl)s1)c1ccc(Br)cc1F. The Hall–Kier alpha value is -0.470. The van der Waals surface area contributed by atoms with Gasteiger partial charge in [-0.2, -0.15) is 0 Å². The highest BCUT2D eigenvalue weighted by atomic mass is 79.9. The van der Waals surface area contributed by atoms with Crippen molar-refractivity contribution in [3.63, 3.8) is 0 Å². The van der Waals surface area contributed by atoms with Crippen molar-refractivity contribution in [1.82, 2.24) is 4.72 Å². The molecule has 0 aliphatic rings. The topological polar surface area (TPSA) is 46.2 Å². The number of rotatable bonds is 4. The maximum atomic E-state index is 13.6. The summed E-state index contributed by atoms with van der Waals surface area (Å²) >= 11 is 10.1. The van der Waals surface area contributed by atoms with E-state index in [1.807, 2.05) is 0 Å². The second kappa shape index (κ2) is 5.88. The first-order valence-electron chi connectivity index (χ1n) is 5.07. The Morgan fingerprint density at radius 2 is 2.05 bits per heavy atom. The van der Waals surface area contributed by atoms with Crippen LogP contribution < -0.4 is 4.72 Å². The van der Waals surface area contributed by atoms with Crippen molar-refractivity contribution in [2.75, 3.05) is 0 Å². The van der Waals surface area contributed by atoms with Gasteiger partial charge in [-0.3, -0.25) is 0 Å². The summed E-state index contributed by atoms with van der Waals surface area (Å²) in [6.07, 6.45) is 0. The van der Waals surface area contributed by atoms with Crippen LogP contribution in [0.4, 0.5) is 4.39 Å². The summed E-state index contributed by atoms with van der Waals surface area (Å²) in [6, 6.07) is 7.18. The molecule has 0 saturated heterocycles. The number of sulfonamides is 1. The van der Waals surface area contributed by atoms with E-state index in [0.29, 0.717) is 8.81 Å². The van der Waals surface area contributed by atoms with Crippen molar-refractivity contribution >= 4 is 48.9 Å². The van der Waals surface area contributed by atoms with E-state index in [1.165, 1.54) is 23.5 Å². The summed E-state index contributed by atoms with van der Waals surface area (Å²) in [5.74, 6) is -0.800. The molecule has 0 atom stereocenters. The van der Waals surface area contributed by atoms with Crippen molar-refractivity contribution < 1.29 is 12.8 Å². The van der Waals surface area contributed by atoms with E-state index in [1.54, 1.807) is 12.1 Å². The van der Waals surface area contributed by atoms with Gasteiger partial charge in [0, 0.05) is 15.9 Å². The van der Waals surface area contributed by atoms with Gasteiger partial charge < -0.3 is 0 Å². The van der Waals surface area contributed by atoms with Gasteiger partial charge in [0.2, 0.25) is 10.0 Å². The highest BCUT2D eigenvalue weighted by Gasteiger charge is 2.19. The first-order chi connectivity index (χ1) is 8.88. The maximum absolute atomic E-state index is 13.6. The van der Waals surface area contributed by atoms with Gasteiger partial charge in [-0.1, -0.05) is 27.5 Å². The van der Waals surface area contributed by atoms with Gasteiger partial charge >= 0.3 is 0 Å². The highest BCUT2D eigenvalue weighted by Crippen LogP contribution is 2.23. The Kier molecular flexibility index (Phi) is 4.62. The van der Waals surface area contributed by atoms with E-state index in [-0.39, 0.29) is 11.4 Å². The van der Waals surface area contributed by atoms with Crippen LogP contribution in [0, 0.1) is 5.82 Å². The minimum Gasteiger partial charge on any atom is -0.207 e. The minimum atomic E-state index is -3.88. The summed E-state index contributed by atoms with van der Waals surface area (Å²) in [5.41, 5.74) is 0. The van der Waals surface area contributed by atoms with Crippen LogP contribution >= 0.6 is 38.9 Å². The summed E-state index contributed by atoms with van der Waals surface area (Å²) < 4.78 is 40.9. The molecule has 0 bridgehead atoms. The molecule has 0 saturated carbocycles. The average molecular weight is 385 g/mol. The minimum absolute atomic E-state index is 0.0786. The molecular formula is C11H8BrClFNO2S2. The monoisotopic (exact) mass is 383 g/mol. The van der Waals surface area contributed by atoms with Crippen LogP contribution in [0.2, 0.25) is 4.34 Å². The number of hydrogen-bond donors (Lipinski definition) is 1. The zero-order chi connectivity index (χ0) is 14.0. The lowest BCUT2D eigenvalue weighted by atomic mass is 10.3. The molecule has 1 aromatic carbocycles. The van der Waals surface area contributed by atoms with Gasteiger partial charge in [0.25, 0.3) is 0 Å². The molecule has 0 amide bonds. The van der Waals surface area contributed by atoms with Crippen LogP contribution in [0.5, 0.6) is 0 Å². The molecule has 1 aromatic heterocycles. The Morgan fingerprint density at radius 1 is 1.32 bits per heavy atom. The Bertz CT molecular complexity index is 702. The van der Waals surface area contributed by atoms with Gasteiger partial charge in [0.15, 0.2) is 0 Å². The number of hydrogen-bond acceptors (Lipinski definition) is 3. The van der Waals surface area contributed by atoms with Crippen LogP contribution in [0.25, 0.3) is 0 Å². The molecule has 102 valence electrons. The fourth-order valence-electron chi connectivity index (χ4n) is 1.38. The highest BCUT2D eigenvalue weighted by molar-refractivity contribution is 9.10. The first-order valence-corrected chi connectivity index (χ1v) is 8.54. The number of thiophene rings is 1. The normalized spacial score (nSPS) is 11.7. The molecule has 2 aromatic rings. The van der Waals surface area contributed by atoms with E-state index >= 15 is 0 Å². The molecule has 19 heavy (non-hydrogen) atoms. The van der Waals surface area contributed by atoms with Crippen molar-refractivity contribution in [2.45, 2.75) is 11.4 Å². The zero-order valence-electron chi connectivity index (χ0n) is 9.36. The van der Waals surface area contributed by atoms with Crippen LogP contribution in [-0.2, 0) is 16.6 Å². The van der Waals surface area contributed by atoms with Gasteiger partial charge in [0.1, 0.15) is 10.7 Å². The van der Waals surface area contributed by atoms with Crippen molar-refractivity contribution in [3.05, 3.63) is 49.8 Å². The Balaban J connectivity index is 2.18. The number of halogens is 3. The molecule has 3 nitrogen and oxygen atoms in total. The molecule has 0 fully saturated rings. The lowest BCUT2D eigenvalue weighted by molar-refractivity contribution is 0.556. The summed E-state index contributed by atoms with van der Waals surface area (Å²) in [7, 11) is -3.88. The van der Waals surface area contributed by atoms with Crippen LogP contribution in [0.3, 0.4) is 0 Å². The maximum Gasteiger partial charge on any atom is 0.243 e. The average Bonchev–Trinajstić information content (AvgIpc) is 2.72. The second-order valence-electron chi connectivity index (χ2n) is 3.61. The predicted octanol–water partition coefficient (Wildman–Crippen LogP) is 3.78. The van der Waals surface area contributed by atoms with Gasteiger partial charge in [-0.25, -0.2) is 17.5 Å². The summed E-state index contributed by atoms with van der Waals surface area (Å²) in [5, 5.41) is 0. The van der Waals surface area contributed by atoms with E-state index < -0.39 is 15.8 Å². The Morgan fingerprint density at radius 3 is 2.63 bits per heavy atom. The molecule has 8 heteroatoms. The first kappa shape index (κ1) is 14.9. The number of benzene rings is 1. The lowest BCUT2D eigenvalue weighted by Crippen LogP contribution is -2.23. The summed E-state index contributed by atoms with van der Waals surface area (Å²) in [4.78, 5) is 0.379. The molecule has 1 heterocycles. The molecule has 1 N–H and O–H groups in total. The zero-order valence-corrected chi connectivity index (χ0v) is 13.3. The summed E-state index contributed by atoms with van der Waals surface area (Å²) in [6.45, 7) is 0.0786. The van der Waals surface area contributed by atoms with Crippen molar-refractivity contribution in [2.24, 2.45) is 0 Å². The third-order valence-corrected chi connectivity index (χ3v) is 5.41. The predicted molar refractivity (Wildman–Crippen MR) is 77.5 cm³/mol. The quantitative estimate of drug-likeness (QED) is 0.872. The Labute approximate surface area is 127 Å². The van der Waals surface area contributed by atoms with Gasteiger partial charge in [-0.05, 0) is 30.3 Å². The third-order valence-electron chi connectivity index (χ3n) is 2.25. The molecule has 0 unspecified atom stereocenters. The molecule has 0 aliphatic heterocycles. The van der Waals surface area contributed by atoms with Crippen molar-refractivity contribution in [3.8, 4) is 0 Å². The fourth-order valence-corrected chi connectivity index (χ4v) is 3.90. The fraction of sp³-hybridized carbons (Fsp3) is 0.0909. The number of nitrogens with one attached hydrogen (secondary N) is 1. The van der Waals surface area contributed by atoms with Crippen molar-refractivity contribution in [1.29, 1.82) is 0 Å². The third kappa shape index (κ3) is 3.76. The van der Waals surface area contributed by atoms with Crippen LogP contribution in [0.1, 0.15) is 4.88 Å². The van der Waals surface area contributed by atoms with Gasteiger partial charge in [0.05, 0.1) is 4.34 Å². The molecule has 0 radical (unpaired) electrons. The molecule has 2 rings (SSSR count). The second-order valence-corrected chi connectivity index (χ2v) is 8.06. The van der Waals surface area contributed by atoms with E-state index in [0.717, 1.165) is 10.9 Å². The standard InChI is InChI=1S/C11H8BrClFNO2S2/c12-7-1-3-10(9(14)5-7)19(16,17)15-6-8-2-4-11(13)18-8/h1-5,15H,6H2. The molecule has 0 spiro atoms. The largest absolute Gasteiger partial charge is 0.243 e. The lowest BCUT2D eigenvalue weighted by Gasteiger charge is -2.06. The van der Waals surface area contributed by atoms with E-state index in [4.69, 9.17) is 11.6 Å². The van der Waals surface area contributed by atoms with E-state index in [9.17, 15) is 12.8 Å². The molecule has 0 aliphatic carbocycles. The molecular weight excluding hydrogens is 377 g/mol. The van der Waals surface area contributed by atoms with E-state index in [2.05, 4.69) is 20.7 Å². The van der Waals surface area contributed by atoms with Crippen LogP contribution in [-0.4, -0.2) is 8.42 Å². The smallest absolute Gasteiger partial charge is 0.207 e.